The van der Waals surface area contributed by atoms with E-state index in [0.29, 0.717) is 10.5 Å². The lowest BCUT2D eigenvalue weighted by Gasteiger charge is -2.24. The van der Waals surface area contributed by atoms with Crippen LogP contribution in [0.15, 0.2) is 30.3 Å². The Morgan fingerprint density at radius 1 is 1.31 bits per heavy atom. The van der Waals surface area contributed by atoms with E-state index in [1.807, 2.05) is 24.3 Å². The molecule has 1 aromatic carbocycles. The summed E-state index contributed by atoms with van der Waals surface area (Å²) in [7, 11) is 0. The van der Waals surface area contributed by atoms with Gasteiger partial charge >= 0.3 is 0 Å². The molecule has 2 aromatic rings. The van der Waals surface area contributed by atoms with Crippen LogP contribution in [0.4, 0.5) is 0 Å². The van der Waals surface area contributed by atoms with Gasteiger partial charge in [-0.15, -0.1) is 11.3 Å². The summed E-state index contributed by atoms with van der Waals surface area (Å²) in [5.74, 6) is -2.09. The molecule has 1 heterocycles. The van der Waals surface area contributed by atoms with Gasteiger partial charge in [0, 0.05) is 5.57 Å². The number of rotatable bonds is 4. The molecule has 3 rings (SSSR count). The van der Waals surface area contributed by atoms with Crippen LogP contribution in [-0.4, -0.2) is 21.4 Å². The highest BCUT2D eigenvalue weighted by atomic mass is 32.1. The van der Waals surface area contributed by atoms with Crippen LogP contribution in [0.3, 0.4) is 0 Å². The molecule has 1 aliphatic rings. The van der Waals surface area contributed by atoms with Gasteiger partial charge in [-0.05, 0) is 41.4 Å². The van der Waals surface area contributed by atoms with Crippen LogP contribution in [0.5, 0.6) is 5.88 Å². The number of aromatic hydroxyl groups is 1. The first-order valence-electron chi connectivity index (χ1n) is 8.00. The monoisotopic (exact) mass is 386 g/mol. The fourth-order valence-electron chi connectivity index (χ4n) is 2.96. The Hall–Kier alpha value is -2.51. The molecule has 0 amide bonds. The van der Waals surface area contributed by atoms with Gasteiger partial charge in [0.1, 0.15) is 0 Å². The third kappa shape index (κ3) is 3.15. The zero-order chi connectivity index (χ0) is 19.0. The molecule has 0 saturated carbocycles. The summed E-state index contributed by atoms with van der Waals surface area (Å²) in [5, 5.41) is 22.1. The van der Waals surface area contributed by atoms with Gasteiger partial charge in [-0.25, -0.2) is 0 Å². The van der Waals surface area contributed by atoms with E-state index in [0.717, 1.165) is 22.5 Å². The number of thiazole rings is 1. The van der Waals surface area contributed by atoms with Crippen LogP contribution in [-0.2, 0) is 9.59 Å². The second-order valence-electron chi connectivity index (χ2n) is 6.28. The maximum absolute atomic E-state index is 12.3. The van der Waals surface area contributed by atoms with Crippen LogP contribution >= 0.6 is 23.6 Å². The van der Waals surface area contributed by atoms with Crippen LogP contribution in [0.2, 0.25) is 0 Å². The smallest absolute Gasteiger partial charge is 0.211 e. The number of fused-ring (bicyclic) bond motifs is 1. The standard InChI is InChI=1S/C19H17NO4S2/c1-10(2)16(18(23)24)20-17(22)15(26-19(20)25)9-13-12-6-4-3-5-11(12)7-8-14(13)21/h3-10,16,22H,1-2H3,(H,23,24)/p-1/b13-9-/t16-/m0/s1. The molecule has 1 N–H and O–H groups in total. The van der Waals surface area contributed by atoms with Crippen molar-refractivity contribution in [2.24, 2.45) is 5.92 Å². The van der Waals surface area contributed by atoms with Gasteiger partial charge in [-0.1, -0.05) is 44.2 Å². The molecule has 1 aliphatic carbocycles. The topological polar surface area (TPSA) is 82.4 Å². The van der Waals surface area contributed by atoms with Crippen molar-refractivity contribution in [1.82, 2.24) is 4.57 Å². The number of carbonyl (C=O) groups excluding carboxylic acids is 2. The number of carbonyl (C=O) groups is 2. The molecule has 26 heavy (non-hydrogen) atoms. The Balaban J connectivity index is 2.15. The van der Waals surface area contributed by atoms with Gasteiger partial charge in [0.15, 0.2) is 9.74 Å². The highest BCUT2D eigenvalue weighted by Crippen LogP contribution is 2.36. The molecule has 7 heteroatoms. The number of nitrogens with zero attached hydrogens (tertiary/aromatic N) is 1. The molecule has 134 valence electrons. The Bertz CT molecular complexity index is 1010. The number of ketones is 1. The van der Waals surface area contributed by atoms with Crippen LogP contribution in [0, 0.1) is 9.87 Å². The summed E-state index contributed by atoms with van der Waals surface area (Å²) in [5.41, 5.74) is 2.08. The van der Waals surface area contributed by atoms with Crippen molar-refractivity contribution in [1.29, 1.82) is 0 Å². The zero-order valence-corrected chi connectivity index (χ0v) is 15.8. The van der Waals surface area contributed by atoms with E-state index in [4.69, 9.17) is 12.2 Å². The molecule has 0 radical (unpaired) electrons. The first kappa shape index (κ1) is 18.3. The van der Waals surface area contributed by atoms with Crippen LogP contribution < -0.4 is 5.11 Å². The van der Waals surface area contributed by atoms with Crippen molar-refractivity contribution in [3.05, 3.63) is 50.3 Å². The van der Waals surface area contributed by atoms with Gasteiger partial charge in [0.2, 0.25) is 5.88 Å². The fraction of sp³-hybridized carbons (Fsp3) is 0.211. The molecule has 0 bridgehead atoms. The average Bonchev–Trinajstić information content (AvgIpc) is 2.85. The highest BCUT2D eigenvalue weighted by molar-refractivity contribution is 7.73. The summed E-state index contributed by atoms with van der Waals surface area (Å²) in [6.45, 7) is 3.42. The van der Waals surface area contributed by atoms with Gasteiger partial charge in [0.25, 0.3) is 0 Å². The number of carboxylic acid groups (broad SMARTS) is 1. The summed E-state index contributed by atoms with van der Waals surface area (Å²) in [6, 6.07) is 6.34. The summed E-state index contributed by atoms with van der Waals surface area (Å²) >= 11 is 6.31. The summed E-state index contributed by atoms with van der Waals surface area (Å²) in [4.78, 5) is 24.2. The van der Waals surface area contributed by atoms with E-state index >= 15 is 0 Å². The summed E-state index contributed by atoms with van der Waals surface area (Å²) < 4.78 is 1.39. The van der Waals surface area contributed by atoms with E-state index in [-0.39, 0.29) is 21.5 Å². The van der Waals surface area contributed by atoms with Gasteiger partial charge < -0.3 is 15.0 Å². The Labute approximate surface area is 159 Å². The van der Waals surface area contributed by atoms with Crippen molar-refractivity contribution in [2.45, 2.75) is 19.9 Å². The molecule has 0 fully saturated rings. The lowest BCUT2D eigenvalue weighted by Crippen LogP contribution is -2.36. The second kappa shape index (κ2) is 7.01. The molecular weight excluding hydrogens is 370 g/mol. The molecule has 0 aliphatic heterocycles. The SMILES string of the molecule is CC(C)[C@@H](C(=O)[O-])n1c(O)c(/C=C2\C(=O)C=Cc3ccccc32)sc1=S. The van der Waals surface area contributed by atoms with E-state index in [1.165, 1.54) is 10.6 Å². The molecule has 0 saturated heterocycles. The largest absolute Gasteiger partial charge is 0.548 e. The number of benzene rings is 1. The maximum Gasteiger partial charge on any atom is 0.211 e. The number of allylic oxidation sites excluding steroid dienone is 2. The minimum atomic E-state index is -1.31. The van der Waals surface area contributed by atoms with E-state index in [1.54, 1.807) is 26.0 Å². The molecule has 0 spiro atoms. The third-order valence-corrected chi connectivity index (χ3v) is 5.54. The second-order valence-corrected chi connectivity index (χ2v) is 7.95. The van der Waals surface area contributed by atoms with E-state index < -0.39 is 12.0 Å². The first-order valence-corrected chi connectivity index (χ1v) is 9.22. The van der Waals surface area contributed by atoms with Gasteiger partial charge in [-0.2, -0.15) is 0 Å². The predicted molar refractivity (Wildman–Crippen MR) is 102 cm³/mol. The Morgan fingerprint density at radius 2 is 2.00 bits per heavy atom. The number of hydrogen-bond acceptors (Lipinski definition) is 6. The lowest BCUT2D eigenvalue weighted by molar-refractivity contribution is -0.311. The number of hydrogen-bond donors (Lipinski definition) is 1. The van der Waals surface area contributed by atoms with Crippen molar-refractivity contribution in [2.75, 3.05) is 0 Å². The van der Waals surface area contributed by atoms with Crippen LogP contribution in [0.1, 0.15) is 35.9 Å². The first-order chi connectivity index (χ1) is 12.3. The number of aliphatic carboxylic acids is 1. The lowest BCUT2D eigenvalue weighted by atomic mass is 9.91. The van der Waals surface area contributed by atoms with Crippen LogP contribution in [0.25, 0.3) is 17.7 Å². The minimum absolute atomic E-state index is 0.186. The Kier molecular flexibility index (Phi) is 4.93. The van der Waals surface area contributed by atoms with Crippen molar-refractivity contribution >= 4 is 53.0 Å². The average molecular weight is 386 g/mol. The third-order valence-electron chi connectivity index (χ3n) is 4.20. The Morgan fingerprint density at radius 3 is 2.65 bits per heavy atom. The number of carboxylic acids is 1. The van der Waals surface area contributed by atoms with Crippen molar-refractivity contribution < 1.29 is 19.8 Å². The molecule has 5 nitrogen and oxygen atoms in total. The maximum atomic E-state index is 12.3. The van der Waals surface area contributed by atoms with E-state index in [2.05, 4.69) is 0 Å². The highest BCUT2D eigenvalue weighted by Gasteiger charge is 2.24. The number of aromatic nitrogens is 1. The molecule has 0 unspecified atom stereocenters. The van der Waals surface area contributed by atoms with Crippen molar-refractivity contribution in [3.63, 3.8) is 0 Å². The molecular formula is C19H16NO4S2-. The van der Waals surface area contributed by atoms with Gasteiger partial charge in [0.05, 0.1) is 16.9 Å². The van der Waals surface area contributed by atoms with Gasteiger partial charge in [-0.3, -0.25) is 9.36 Å². The normalized spacial score (nSPS) is 16.1. The quantitative estimate of drug-likeness (QED) is 0.645. The van der Waals surface area contributed by atoms with E-state index in [9.17, 15) is 19.8 Å². The van der Waals surface area contributed by atoms with Crippen molar-refractivity contribution in [3.8, 4) is 5.88 Å². The molecule has 1 aromatic heterocycles. The molecule has 1 atom stereocenters. The fourth-order valence-corrected chi connectivity index (χ4v) is 4.29. The minimum Gasteiger partial charge on any atom is -0.548 e. The predicted octanol–water partition coefficient (Wildman–Crippen LogP) is 3.07. The summed E-state index contributed by atoms with van der Waals surface area (Å²) in [6.07, 6.45) is 4.77. The zero-order valence-electron chi connectivity index (χ0n) is 14.1.